The Morgan fingerprint density at radius 3 is 1.67 bits per heavy atom. The van der Waals surface area contributed by atoms with Crippen LogP contribution in [-0.2, 0) is 28.7 Å². The van der Waals surface area contributed by atoms with Crippen LogP contribution in [0.15, 0.2) is 49.6 Å². The van der Waals surface area contributed by atoms with Crippen LogP contribution in [0.2, 0.25) is 0 Å². The number of rotatable bonds is 9. The van der Waals surface area contributed by atoms with E-state index < -0.39 is 24.4 Å². The third kappa shape index (κ3) is 13.8. The molecule has 0 saturated heterocycles. The molecule has 27 heavy (non-hydrogen) atoms. The van der Waals surface area contributed by atoms with E-state index in [0.717, 1.165) is 12.2 Å². The fourth-order valence-corrected chi connectivity index (χ4v) is 1.21. The zero-order valence-corrected chi connectivity index (χ0v) is 16.3. The first kappa shape index (κ1) is 26.1. The zero-order chi connectivity index (χ0) is 21.6. The molecule has 8 nitrogen and oxygen atoms in total. The number of hydrogen-bond acceptors (Lipinski definition) is 6. The first-order valence-corrected chi connectivity index (χ1v) is 8.07. The molecule has 0 bridgehead atoms. The number of nitrogens with one attached hydrogen (secondary N) is 2. The molecule has 0 aromatic carbocycles. The van der Waals surface area contributed by atoms with E-state index >= 15 is 0 Å². The van der Waals surface area contributed by atoms with Gasteiger partial charge in [-0.2, -0.15) is 0 Å². The summed E-state index contributed by atoms with van der Waals surface area (Å²) in [4.78, 5) is 43.6. The summed E-state index contributed by atoms with van der Waals surface area (Å²) in [5.41, 5.74) is 0.594. The molecule has 2 unspecified atom stereocenters. The van der Waals surface area contributed by atoms with Crippen LogP contribution in [-0.4, -0.2) is 36.2 Å². The average molecular weight is 380 g/mol. The van der Waals surface area contributed by atoms with Gasteiger partial charge in [0.1, 0.15) is 0 Å². The van der Waals surface area contributed by atoms with Crippen LogP contribution in [0.3, 0.4) is 0 Å². The van der Waals surface area contributed by atoms with Gasteiger partial charge in [0, 0.05) is 17.6 Å². The standard InChI is InChI=1S/C10H15NO3.C9H13NO3/c1-5-8(12)11-9(6-2)14-10(13)7(3)4;1-5-8(11)10-7(4)13-9(12)6(2)3/h5,9H,1,3,6H2,2,4H3,(H,11,12);5,7H,1-2H2,3-4H3,(H,10,11). The van der Waals surface area contributed by atoms with Gasteiger partial charge in [0.15, 0.2) is 12.5 Å². The summed E-state index contributed by atoms with van der Waals surface area (Å²) in [5.74, 6) is -1.80. The highest BCUT2D eigenvalue weighted by atomic mass is 16.6. The van der Waals surface area contributed by atoms with Crippen molar-refractivity contribution in [3.05, 3.63) is 49.6 Å². The van der Waals surface area contributed by atoms with Crippen molar-refractivity contribution in [2.75, 3.05) is 0 Å². The lowest BCUT2D eigenvalue weighted by atomic mass is 10.3. The summed E-state index contributed by atoms with van der Waals surface area (Å²) in [6, 6.07) is 0. The number of ether oxygens (including phenoxy) is 2. The lowest BCUT2D eigenvalue weighted by Gasteiger charge is -2.16. The maximum absolute atomic E-state index is 11.1. The smallest absolute Gasteiger partial charge is 0.335 e. The van der Waals surface area contributed by atoms with E-state index in [0.29, 0.717) is 17.6 Å². The molecular formula is C19H28N2O6. The highest BCUT2D eigenvalue weighted by Gasteiger charge is 2.13. The molecule has 2 amide bonds. The molecule has 8 heteroatoms. The number of hydrogen-bond donors (Lipinski definition) is 2. The van der Waals surface area contributed by atoms with Crippen LogP contribution in [0.1, 0.15) is 34.1 Å². The molecule has 0 fully saturated rings. The topological polar surface area (TPSA) is 111 Å². The van der Waals surface area contributed by atoms with Crippen molar-refractivity contribution >= 4 is 23.8 Å². The quantitative estimate of drug-likeness (QED) is 0.359. The third-order valence-electron chi connectivity index (χ3n) is 2.62. The van der Waals surface area contributed by atoms with Crippen molar-refractivity contribution in [1.82, 2.24) is 10.6 Å². The number of esters is 2. The van der Waals surface area contributed by atoms with Crippen molar-refractivity contribution in [2.45, 2.75) is 46.6 Å². The molecule has 0 aliphatic rings. The van der Waals surface area contributed by atoms with Crippen molar-refractivity contribution in [2.24, 2.45) is 0 Å². The Morgan fingerprint density at radius 1 is 0.889 bits per heavy atom. The predicted octanol–water partition coefficient (Wildman–Crippen LogP) is 1.90. The van der Waals surface area contributed by atoms with Gasteiger partial charge < -0.3 is 20.1 Å². The van der Waals surface area contributed by atoms with Crippen LogP contribution >= 0.6 is 0 Å². The van der Waals surface area contributed by atoms with E-state index in [1.54, 1.807) is 20.8 Å². The second kappa shape index (κ2) is 14.1. The lowest BCUT2D eigenvalue weighted by Crippen LogP contribution is -2.37. The summed E-state index contributed by atoms with van der Waals surface area (Å²) < 4.78 is 9.68. The number of carbonyl (C=O) groups is 4. The molecule has 0 saturated carbocycles. The summed E-state index contributed by atoms with van der Waals surface area (Å²) >= 11 is 0. The lowest BCUT2D eigenvalue weighted by molar-refractivity contribution is -0.148. The molecule has 0 heterocycles. The molecule has 0 aromatic rings. The number of amides is 2. The molecule has 0 aromatic heterocycles. The van der Waals surface area contributed by atoms with Gasteiger partial charge in [0.2, 0.25) is 11.8 Å². The minimum absolute atomic E-state index is 0.291. The Balaban J connectivity index is 0. The Labute approximate surface area is 160 Å². The monoisotopic (exact) mass is 380 g/mol. The van der Waals surface area contributed by atoms with E-state index in [9.17, 15) is 19.2 Å². The minimum atomic E-state index is -0.672. The predicted molar refractivity (Wildman–Crippen MR) is 102 cm³/mol. The van der Waals surface area contributed by atoms with Crippen molar-refractivity contribution < 1.29 is 28.7 Å². The zero-order valence-electron chi connectivity index (χ0n) is 16.3. The normalized spacial score (nSPS) is 11.3. The molecule has 0 spiro atoms. The largest absolute Gasteiger partial charge is 0.439 e. The Kier molecular flexibility index (Phi) is 13.6. The molecule has 0 aliphatic carbocycles. The Morgan fingerprint density at radius 2 is 1.30 bits per heavy atom. The molecule has 0 radical (unpaired) electrons. The first-order chi connectivity index (χ1) is 12.5. The SMILES string of the molecule is C=CC(=O)NC(C)OC(=O)C(=C)C.C=CC(=O)NC(CC)OC(=O)C(=C)C. The average Bonchev–Trinajstić information content (AvgIpc) is 2.60. The highest BCUT2D eigenvalue weighted by Crippen LogP contribution is 1.99. The first-order valence-electron chi connectivity index (χ1n) is 8.07. The van der Waals surface area contributed by atoms with E-state index in [-0.39, 0.29) is 11.8 Å². The van der Waals surface area contributed by atoms with E-state index in [1.165, 1.54) is 6.92 Å². The van der Waals surface area contributed by atoms with E-state index in [4.69, 9.17) is 9.47 Å². The van der Waals surface area contributed by atoms with Gasteiger partial charge in [0.25, 0.3) is 0 Å². The summed E-state index contributed by atoms with van der Waals surface area (Å²) in [5, 5.41) is 4.84. The molecule has 2 atom stereocenters. The van der Waals surface area contributed by atoms with Crippen LogP contribution in [0.4, 0.5) is 0 Å². The summed E-state index contributed by atoms with van der Waals surface area (Å²) in [7, 11) is 0. The van der Waals surface area contributed by atoms with Crippen molar-refractivity contribution in [3.8, 4) is 0 Å². The van der Waals surface area contributed by atoms with E-state index in [2.05, 4.69) is 36.9 Å². The van der Waals surface area contributed by atoms with Gasteiger partial charge in [-0.15, -0.1) is 0 Å². The van der Waals surface area contributed by atoms with Gasteiger partial charge in [-0.25, -0.2) is 9.59 Å². The van der Waals surface area contributed by atoms with Crippen LogP contribution in [0.5, 0.6) is 0 Å². The van der Waals surface area contributed by atoms with Gasteiger partial charge in [-0.3, -0.25) is 9.59 Å². The molecule has 150 valence electrons. The van der Waals surface area contributed by atoms with Crippen LogP contribution in [0.25, 0.3) is 0 Å². The van der Waals surface area contributed by atoms with E-state index in [1.807, 2.05) is 0 Å². The fourth-order valence-electron chi connectivity index (χ4n) is 1.21. The Hall–Kier alpha value is -3.16. The Bertz CT molecular complexity index is 609. The van der Waals surface area contributed by atoms with Crippen LogP contribution < -0.4 is 10.6 Å². The second-order valence-corrected chi connectivity index (χ2v) is 5.34. The van der Waals surface area contributed by atoms with Gasteiger partial charge in [0.05, 0.1) is 0 Å². The maximum Gasteiger partial charge on any atom is 0.335 e. The molecule has 0 rings (SSSR count). The number of carbonyl (C=O) groups excluding carboxylic acids is 4. The van der Waals surface area contributed by atoms with Gasteiger partial charge in [-0.1, -0.05) is 33.2 Å². The minimum Gasteiger partial charge on any atom is -0.439 e. The van der Waals surface area contributed by atoms with Crippen molar-refractivity contribution in [3.63, 3.8) is 0 Å². The molecule has 0 aliphatic heterocycles. The maximum atomic E-state index is 11.1. The summed E-state index contributed by atoms with van der Waals surface area (Å²) in [6.45, 7) is 19.8. The third-order valence-corrected chi connectivity index (χ3v) is 2.62. The van der Waals surface area contributed by atoms with Gasteiger partial charge >= 0.3 is 11.9 Å². The van der Waals surface area contributed by atoms with Gasteiger partial charge in [-0.05, 0) is 32.9 Å². The second-order valence-electron chi connectivity index (χ2n) is 5.34. The van der Waals surface area contributed by atoms with Crippen LogP contribution in [0, 0.1) is 0 Å². The highest BCUT2D eigenvalue weighted by molar-refractivity contribution is 5.89. The molecule has 2 N–H and O–H groups in total. The summed E-state index contributed by atoms with van der Waals surface area (Å²) in [6.07, 6.45) is 1.43. The molecular weight excluding hydrogens is 352 g/mol. The van der Waals surface area contributed by atoms with Crippen molar-refractivity contribution in [1.29, 1.82) is 0 Å². The fraction of sp³-hybridized carbons (Fsp3) is 0.368.